The number of hydrogen-bond donors (Lipinski definition) is 1. The molecule has 0 unspecified atom stereocenters. The van der Waals surface area contributed by atoms with Crippen LogP contribution in [0.5, 0.6) is 11.5 Å². The number of rotatable bonds is 0. The fourth-order valence-corrected chi connectivity index (χ4v) is 3.04. The molecule has 0 bridgehead atoms. The summed E-state index contributed by atoms with van der Waals surface area (Å²) in [7, 11) is 0. The third-order valence-corrected chi connectivity index (χ3v) is 3.99. The summed E-state index contributed by atoms with van der Waals surface area (Å²) in [6, 6.07) is 5.51. The zero-order valence-corrected chi connectivity index (χ0v) is 9.54. The largest absolute Gasteiger partial charge is 0.508 e. The second-order valence-corrected chi connectivity index (χ2v) is 5.14. The Balaban J connectivity index is 1.89. The molecule has 1 aromatic rings. The molecule has 1 heterocycles. The monoisotopic (exact) mass is 218 g/mol. The van der Waals surface area contributed by atoms with Crippen LogP contribution in [-0.4, -0.2) is 10.7 Å². The first-order valence-corrected chi connectivity index (χ1v) is 6.28. The molecule has 1 aliphatic heterocycles. The smallest absolute Gasteiger partial charge is 0.127 e. The molecule has 1 spiro atoms. The minimum absolute atomic E-state index is 0.0824. The summed E-state index contributed by atoms with van der Waals surface area (Å²) in [5.41, 5.74) is 1.33. The summed E-state index contributed by atoms with van der Waals surface area (Å²) >= 11 is 0. The quantitative estimate of drug-likeness (QED) is 0.723. The lowest BCUT2D eigenvalue weighted by atomic mass is 9.79. The first kappa shape index (κ1) is 10.0. The van der Waals surface area contributed by atoms with E-state index < -0.39 is 0 Å². The zero-order valence-electron chi connectivity index (χ0n) is 9.54. The van der Waals surface area contributed by atoms with Crippen LogP contribution in [0.4, 0.5) is 0 Å². The van der Waals surface area contributed by atoms with E-state index in [0.717, 1.165) is 18.6 Å². The Hall–Kier alpha value is -1.18. The molecule has 1 saturated carbocycles. The predicted octanol–water partition coefficient (Wildman–Crippen LogP) is 3.42. The molecule has 2 heteroatoms. The van der Waals surface area contributed by atoms with Gasteiger partial charge in [-0.3, -0.25) is 0 Å². The van der Waals surface area contributed by atoms with Gasteiger partial charge < -0.3 is 9.84 Å². The van der Waals surface area contributed by atoms with E-state index in [-0.39, 0.29) is 5.60 Å². The highest BCUT2D eigenvalue weighted by molar-refractivity contribution is 5.42. The van der Waals surface area contributed by atoms with Gasteiger partial charge in [0, 0.05) is 6.07 Å². The first-order valence-electron chi connectivity index (χ1n) is 6.28. The van der Waals surface area contributed by atoms with Gasteiger partial charge in [0.2, 0.25) is 0 Å². The van der Waals surface area contributed by atoms with Gasteiger partial charge in [0.15, 0.2) is 0 Å². The van der Waals surface area contributed by atoms with Gasteiger partial charge in [-0.1, -0.05) is 12.5 Å². The molecular weight excluding hydrogens is 200 g/mol. The van der Waals surface area contributed by atoms with E-state index in [2.05, 4.69) is 0 Å². The summed E-state index contributed by atoms with van der Waals surface area (Å²) in [6.45, 7) is 0. The molecular formula is C14H18O2. The van der Waals surface area contributed by atoms with E-state index in [1.54, 1.807) is 12.1 Å². The van der Waals surface area contributed by atoms with Crippen molar-refractivity contribution in [1.82, 2.24) is 0 Å². The average molecular weight is 218 g/mol. The maximum Gasteiger partial charge on any atom is 0.127 e. The number of hydrogen-bond acceptors (Lipinski definition) is 2. The molecule has 1 fully saturated rings. The van der Waals surface area contributed by atoms with E-state index in [0.29, 0.717) is 5.75 Å². The van der Waals surface area contributed by atoms with E-state index >= 15 is 0 Å². The van der Waals surface area contributed by atoms with Crippen molar-refractivity contribution in [2.75, 3.05) is 0 Å². The van der Waals surface area contributed by atoms with Crippen molar-refractivity contribution >= 4 is 0 Å². The van der Waals surface area contributed by atoms with Gasteiger partial charge in [-0.15, -0.1) is 0 Å². The lowest BCUT2D eigenvalue weighted by molar-refractivity contribution is 0.0106. The summed E-state index contributed by atoms with van der Waals surface area (Å²) in [6.07, 6.45) is 8.52. The number of ether oxygens (including phenoxy) is 1. The zero-order chi connectivity index (χ0) is 11.0. The number of phenolic OH excluding ortho intramolecular Hbond substituents is 1. The number of fused-ring (bicyclic) bond motifs is 1. The number of aryl methyl sites for hydroxylation is 1. The topological polar surface area (TPSA) is 29.5 Å². The molecule has 3 rings (SSSR count). The average Bonchev–Trinajstić information content (AvgIpc) is 2.29. The Morgan fingerprint density at radius 2 is 1.88 bits per heavy atom. The van der Waals surface area contributed by atoms with Crippen molar-refractivity contribution < 1.29 is 9.84 Å². The highest BCUT2D eigenvalue weighted by Gasteiger charge is 2.37. The van der Waals surface area contributed by atoms with Crippen molar-refractivity contribution in [3.63, 3.8) is 0 Å². The van der Waals surface area contributed by atoms with Gasteiger partial charge in [0.1, 0.15) is 17.1 Å². The lowest BCUT2D eigenvalue weighted by Crippen LogP contribution is -2.41. The van der Waals surface area contributed by atoms with Gasteiger partial charge in [0.25, 0.3) is 0 Å². The Kier molecular flexibility index (Phi) is 2.31. The summed E-state index contributed by atoms with van der Waals surface area (Å²) in [5.74, 6) is 1.22. The molecule has 0 radical (unpaired) electrons. The Bertz CT molecular complexity index is 392. The van der Waals surface area contributed by atoms with E-state index in [9.17, 15) is 5.11 Å². The second kappa shape index (κ2) is 3.69. The highest BCUT2D eigenvalue weighted by atomic mass is 16.5. The van der Waals surface area contributed by atoms with Crippen molar-refractivity contribution in [3.05, 3.63) is 23.8 Å². The van der Waals surface area contributed by atoms with Gasteiger partial charge in [0.05, 0.1) is 0 Å². The third-order valence-electron chi connectivity index (χ3n) is 3.99. The van der Waals surface area contributed by atoms with Crippen molar-refractivity contribution in [1.29, 1.82) is 0 Å². The molecule has 16 heavy (non-hydrogen) atoms. The van der Waals surface area contributed by atoms with Gasteiger partial charge in [-0.2, -0.15) is 0 Å². The Morgan fingerprint density at radius 1 is 1.06 bits per heavy atom. The maximum absolute atomic E-state index is 9.50. The van der Waals surface area contributed by atoms with Crippen molar-refractivity contribution in [2.24, 2.45) is 0 Å². The Morgan fingerprint density at radius 3 is 2.69 bits per heavy atom. The second-order valence-electron chi connectivity index (χ2n) is 5.14. The van der Waals surface area contributed by atoms with E-state index in [1.165, 1.54) is 37.7 Å². The fourth-order valence-electron chi connectivity index (χ4n) is 3.04. The molecule has 0 aromatic heterocycles. The summed E-state index contributed by atoms with van der Waals surface area (Å²) < 4.78 is 6.18. The standard InChI is InChI=1S/C14H18O2/c15-12-5-4-11-6-9-14(16-13(11)10-12)7-2-1-3-8-14/h4-5,10,15H,1-3,6-9H2. The predicted molar refractivity (Wildman–Crippen MR) is 62.9 cm³/mol. The Labute approximate surface area is 96.2 Å². The van der Waals surface area contributed by atoms with Gasteiger partial charge in [-0.25, -0.2) is 0 Å². The molecule has 0 amide bonds. The van der Waals surface area contributed by atoms with Crippen LogP contribution in [0.1, 0.15) is 44.1 Å². The lowest BCUT2D eigenvalue weighted by Gasteiger charge is -2.41. The molecule has 86 valence electrons. The maximum atomic E-state index is 9.50. The first-order chi connectivity index (χ1) is 7.77. The fraction of sp³-hybridized carbons (Fsp3) is 0.571. The number of aromatic hydroxyl groups is 1. The van der Waals surface area contributed by atoms with Crippen LogP contribution in [0.3, 0.4) is 0 Å². The number of benzene rings is 1. The third kappa shape index (κ3) is 1.66. The van der Waals surface area contributed by atoms with E-state index in [4.69, 9.17) is 4.74 Å². The molecule has 1 aromatic carbocycles. The molecule has 1 N–H and O–H groups in total. The van der Waals surface area contributed by atoms with Crippen LogP contribution in [0.15, 0.2) is 18.2 Å². The van der Waals surface area contributed by atoms with Crippen LogP contribution >= 0.6 is 0 Å². The molecule has 0 atom stereocenters. The van der Waals surface area contributed by atoms with E-state index in [1.807, 2.05) is 6.07 Å². The minimum Gasteiger partial charge on any atom is -0.508 e. The normalized spacial score (nSPS) is 22.5. The molecule has 0 saturated heterocycles. The summed E-state index contributed by atoms with van der Waals surface area (Å²) in [4.78, 5) is 0. The van der Waals surface area contributed by atoms with Gasteiger partial charge >= 0.3 is 0 Å². The van der Waals surface area contributed by atoms with Crippen molar-refractivity contribution in [2.45, 2.75) is 50.5 Å². The number of phenols is 1. The van der Waals surface area contributed by atoms with Gasteiger partial charge in [-0.05, 0) is 50.2 Å². The van der Waals surface area contributed by atoms with Crippen LogP contribution < -0.4 is 4.74 Å². The highest BCUT2D eigenvalue weighted by Crippen LogP contribution is 2.42. The molecule has 2 nitrogen and oxygen atoms in total. The van der Waals surface area contributed by atoms with Crippen LogP contribution in [0.25, 0.3) is 0 Å². The molecule has 1 aliphatic carbocycles. The van der Waals surface area contributed by atoms with Crippen molar-refractivity contribution in [3.8, 4) is 11.5 Å². The summed E-state index contributed by atoms with van der Waals surface area (Å²) in [5, 5.41) is 9.50. The molecule has 2 aliphatic rings. The van der Waals surface area contributed by atoms with Crippen LogP contribution in [0, 0.1) is 0 Å². The SMILES string of the molecule is Oc1ccc2c(c1)OC1(CCCCC1)CC2. The van der Waals surface area contributed by atoms with Crippen LogP contribution in [0.2, 0.25) is 0 Å². The minimum atomic E-state index is 0.0824. The van der Waals surface area contributed by atoms with Crippen LogP contribution in [-0.2, 0) is 6.42 Å².